The molecule has 0 radical (unpaired) electrons. The molecule has 0 aromatic rings. The van der Waals surface area contributed by atoms with E-state index in [2.05, 4.69) is 24.0 Å². The van der Waals surface area contributed by atoms with Crippen molar-refractivity contribution in [3.8, 4) is 0 Å². The summed E-state index contributed by atoms with van der Waals surface area (Å²) < 4.78 is 5.85. The van der Waals surface area contributed by atoms with Crippen LogP contribution in [0.4, 0.5) is 0 Å². The molecule has 0 spiro atoms. The standard InChI is InChI=1S/C11H19NOS/c1-7-4-8(6-14-7)12-10-5-9-2-3-11(10)13-9/h7-12H,2-6H2,1H3. The molecule has 0 amide bonds. The Kier molecular flexibility index (Phi) is 2.50. The molecular weight excluding hydrogens is 194 g/mol. The summed E-state index contributed by atoms with van der Waals surface area (Å²) in [6, 6.07) is 1.42. The molecule has 0 aromatic heterocycles. The van der Waals surface area contributed by atoms with Gasteiger partial charge in [0.05, 0.1) is 12.2 Å². The van der Waals surface area contributed by atoms with E-state index in [1.807, 2.05) is 0 Å². The van der Waals surface area contributed by atoms with Crippen molar-refractivity contribution in [2.75, 3.05) is 5.75 Å². The molecule has 0 aliphatic carbocycles. The van der Waals surface area contributed by atoms with Crippen LogP contribution in [-0.4, -0.2) is 35.3 Å². The van der Waals surface area contributed by atoms with Crippen LogP contribution in [0, 0.1) is 0 Å². The lowest BCUT2D eigenvalue weighted by atomic mass is 9.94. The largest absolute Gasteiger partial charge is 0.373 e. The van der Waals surface area contributed by atoms with Crippen LogP contribution in [0.1, 0.15) is 32.6 Å². The highest BCUT2D eigenvalue weighted by molar-refractivity contribution is 8.00. The van der Waals surface area contributed by atoms with E-state index in [0.29, 0.717) is 18.2 Å². The van der Waals surface area contributed by atoms with Gasteiger partial charge in [-0.1, -0.05) is 6.92 Å². The fraction of sp³-hybridized carbons (Fsp3) is 1.00. The van der Waals surface area contributed by atoms with Crippen molar-refractivity contribution in [3.63, 3.8) is 0 Å². The van der Waals surface area contributed by atoms with Crippen LogP contribution in [0.2, 0.25) is 0 Å². The zero-order chi connectivity index (χ0) is 9.54. The van der Waals surface area contributed by atoms with Gasteiger partial charge in [0.1, 0.15) is 0 Å². The average molecular weight is 213 g/mol. The van der Waals surface area contributed by atoms with E-state index in [4.69, 9.17) is 4.74 Å². The second-order valence-electron chi connectivity index (χ2n) is 4.96. The summed E-state index contributed by atoms with van der Waals surface area (Å²) in [5, 5.41) is 4.65. The number of fused-ring (bicyclic) bond motifs is 2. The van der Waals surface area contributed by atoms with E-state index in [1.54, 1.807) is 0 Å². The molecule has 0 saturated carbocycles. The van der Waals surface area contributed by atoms with Gasteiger partial charge in [0.15, 0.2) is 0 Å². The molecule has 3 saturated heterocycles. The summed E-state index contributed by atoms with van der Waals surface area (Å²) in [7, 11) is 0. The van der Waals surface area contributed by atoms with Crippen molar-refractivity contribution in [3.05, 3.63) is 0 Å². The van der Waals surface area contributed by atoms with Gasteiger partial charge in [-0.2, -0.15) is 11.8 Å². The van der Waals surface area contributed by atoms with E-state index >= 15 is 0 Å². The maximum Gasteiger partial charge on any atom is 0.0733 e. The van der Waals surface area contributed by atoms with Crippen LogP contribution in [0.15, 0.2) is 0 Å². The molecule has 3 heteroatoms. The second kappa shape index (κ2) is 3.69. The molecule has 3 aliphatic rings. The van der Waals surface area contributed by atoms with Gasteiger partial charge in [0, 0.05) is 23.1 Å². The minimum atomic E-state index is 0.543. The lowest BCUT2D eigenvalue weighted by Gasteiger charge is -2.23. The molecule has 80 valence electrons. The third-order valence-corrected chi connectivity index (χ3v) is 5.11. The molecule has 3 fully saturated rings. The summed E-state index contributed by atoms with van der Waals surface area (Å²) in [5.41, 5.74) is 0. The monoisotopic (exact) mass is 213 g/mol. The van der Waals surface area contributed by atoms with Gasteiger partial charge >= 0.3 is 0 Å². The first-order valence-electron chi connectivity index (χ1n) is 5.84. The maximum atomic E-state index is 5.85. The first-order valence-corrected chi connectivity index (χ1v) is 6.89. The van der Waals surface area contributed by atoms with Crippen molar-refractivity contribution in [1.29, 1.82) is 0 Å². The molecular formula is C11H19NOS. The van der Waals surface area contributed by atoms with Crippen molar-refractivity contribution >= 4 is 11.8 Å². The van der Waals surface area contributed by atoms with Crippen molar-refractivity contribution < 1.29 is 4.74 Å². The Balaban J connectivity index is 1.53. The zero-order valence-electron chi connectivity index (χ0n) is 8.74. The van der Waals surface area contributed by atoms with E-state index in [0.717, 1.165) is 11.3 Å². The molecule has 3 aliphatic heterocycles. The van der Waals surface area contributed by atoms with Crippen LogP contribution in [0.25, 0.3) is 0 Å². The van der Waals surface area contributed by atoms with E-state index in [1.165, 1.54) is 31.4 Å². The Labute approximate surface area is 90.2 Å². The van der Waals surface area contributed by atoms with Gasteiger partial charge in [0.2, 0.25) is 0 Å². The summed E-state index contributed by atoms with van der Waals surface area (Å²) in [6.07, 6.45) is 6.33. The van der Waals surface area contributed by atoms with Crippen molar-refractivity contribution in [2.45, 2.75) is 62.1 Å². The summed E-state index contributed by atoms with van der Waals surface area (Å²) in [4.78, 5) is 0. The lowest BCUT2D eigenvalue weighted by Crippen LogP contribution is -2.44. The van der Waals surface area contributed by atoms with Crippen molar-refractivity contribution in [2.24, 2.45) is 0 Å². The van der Waals surface area contributed by atoms with E-state index in [-0.39, 0.29) is 0 Å². The lowest BCUT2D eigenvalue weighted by molar-refractivity contribution is 0.0963. The van der Waals surface area contributed by atoms with Gasteiger partial charge in [0.25, 0.3) is 0 Å². The highest BCUT2D eigenvalue weighted by atomic mass is 32.2. The molecule has 2 nitrogen and oxygen atoms in total. The number of thioether (sulfide) groups is 1. The van der Waals surface area contributed by atoms with Crippen molar-refractivity contribution in [1.82, 2.24) is 5.32 Å². The van der Waals surface area contributed by atoms with Crippen LogP contribution >= 0.6 is 11.8 Å². The predicted octanol–water partition coefficient (Wildman–Crippen LogP) is 1.79. The van der Waals surface area contributed by atoms with Crippen LogP contribution in [0.3, 0.4) is 0 Å². The first-order chi connectivity index (χ1) is 6.81. The number of nitrogens with one attached hydrogen (secondary N) is 1. The molecule has 3 rings (SSSR count). The molecule has 5 unspecified atom stereocenters. The highest BCUT2D eigenvalue weighted by Crippen LogP contribution is 2.35. The predicted molar refractivity (Wildman–Crippen MR) is 59.8 cm³/mol. The number of hydrogen-bond acceptors (Lipinski definition) is 3. The normalized spacial score (nSPS) is 51.6. The SMILES string of the molecule is CC1CC(NC2CC3CCC2O3)CS1. The quantitative estimate of drug-likeness (QED) is 0.755. The number of rotatable bonds is 2. The minimum Gasteiger partial charge on any atom is -0.373 e. The second-order valence-corrected chi connectivity index (χ2v) is 6.43. The van der Waals surface area contributed by atoms with Gasteiger partial charge in [-0.3, -0.25) is 0 Å². The zero-order valence-corrected chi connectivity index (χ0v) is 9.56. The maximum absolute atomic E-state index is 5.85. The molecule has 14 heavy (non-hydrogen) atoms. The Bertz CT molecular complexity index is 223. The molecule has 5 atom stereocenters. The Morgan fingerprint density at radius 1 is 1.29 bits per heavy atom. The molecule has 1 N–H and O–H groups in total. The number of ether oxygens (including phenoxy) is 1. The molecule has 3 heterocycles. The van der Waals surface area contributed by atoms with Crippen LogP contribution < -0.4 is 5.32 Å². The summed E-state index contributed by atoms with van der Waals surface area (Å²) >= 11 is 2.11. The highest BCUT2D eigenvalue weighted by Gasteiger charge is 2.41. The minimum absolute atomic E-state index is 0.543. The Hall–Kier alpha value is 0.270. The van der Waals surface area contributed by atoms with Gasteiger partial charge in [-0.15, -0.1) is 0 Å². The van der Waals surface area contributed by atoms with Gasteiger partial charge in [-0.05, 0) is 25.7 Å². The van der Waals surface area contributed by atoms with Gasteiger partial charge < -0.3 is 10.1 Å². The third-order valence-electron chi connectivity index (χ3n) is 3.75. The average Bonchev–Trinajstić information content (AvgIpc) is 2.82. The molecule has 0 aromatic carbocycles. The van der Waals surface area contributed by atoms with E-state index < -0.39 is 0 Å². The fourth-order valence-electron chi connectivity index (χ4n) is 3.05. The first kappa shape index (κ1) is 9.49. The Morgan fingerprint density at radius 3 is 2.79 bits per heavy atom. The molecule has 2 bridgehead atoms. The number of hydrogen-bond donors (Lipinski definition) is 1. The fourth-order valence-corrected chi connectivity index (χ4v) is 4.21. The Morgan fingerprint density at radius 2 is 2.21 bits per heavy atom. The van der Waals surface area contributed by atoms with Gasteiger partial charge in [-0.25, -0.2) is 0 Å². The smallest absolute Gasteiger partial charge is 0.0733 e. The summed E-state index contributed by atoms with van der Waals surface area (Å²) in [5.74, 6) is 1.30. The van der Waals surface area contributed by atoms with Crippen LogP contribution in [-0.2, 0) is 4.74 Å². The van der Waals surface area contributed by atoms with E-state index in [9.17, 15) is 0 Å². The summed E-state index contributed by atoms with van der Waals surface area (Å²) in [6.45, 7) is 2.34. The topological polar surface area (TPSA) is 21.3 Å². The third kappa shape index (κ3) is 1.70. The van der Waals surface area contributed by atoms with Crippen LogP contribution in [0.5, 0.6) is 0 Å².